The molecular formula is C21H27N7O5S. The summed E-state index contributed by atoms with van der Waals surface area (Å²) in [5.74, 6) is -0.659. The van der Waals surface area contributed by atoms with E-state index >= 15 is 0 Å². The third-order valence-electron chi connectivity index (χ3n) is 5.11. The molecule has 3 aromatic heterocycles. The lowest BCUT2D eigenvalue weighted by Crippen LogP contribution is -2.39. The highest BCUT2D eigenvalue weighted by Crippen LogP contribution is 2.24. The number of aromatic amines is 1. The molecule has 0 aromatic carbocycles. The van der Waals surface area contributed by atoms with E-state index in [0.717, 1.165) is 20.9 Å². The van der Waals surface area contributed by atoms with E-state index in [-0.39, 0.29) is 45.7 Å². The minimum Gasteiger partial charge on any atom is -0.384 e. The molecule has 0 saturated carbocycles. The van der Waals surface area contributed by atoms with Crippen LogP contribution in [0, 0.1) is 12.8 Å². The van der Waals surface area contributed by atoms with E-state index in [1.54, 1.807) is 6.92 Å². The van der Waals surface area contributed by atoms with Crippen molar-refractivity contribution in [3.63, 3.8) is 0 Å². The van der Waals surface area contributed by atoms with Gasteiger partial charge >= 0.3 is 11.4 Å². The molecule has 0 amide bonds. The second kappa shape index (κ2) is 9.79. The Morgan fingerprint density at radius 1 is 1.15 bits per heavy atom. The predicted molar refractivity (Wildman–Crippen MR) is 130 cm³/mol. The lowest BCUT2D eigenvalue weighted by Gasteiger charge is -2.15. The molecule has 182 valence electrons. The van der Waals surface area contributed by atoms with Crippen molar-refractivity contribution in [2.45, 2.75) is 52.2 Å². The Morgan fingerprint density at radius 3 is 2.44 bits per heavy atom. The summed E-state index contributed by atoms with van der Waals surface area (Å²) in [7, 11) is 1.37. The van der Waals surface area contributed by atoms with E-state index in [1.807, 2.05) is 20.8 Å². The minimum atomic E-state index is -0.870. The second-order valence-corrected chi connectivity index (χ2v) is 9.27. The van der Waals surface area contributed by atoms with Crippen LogP contribution in [0.2, 0.25) is 0 Å². The van der Waals surface area contributed by atoms with Gasteiger partial charge in [-0.15, -0.1) is 0 Å². The lowest BCUT2D eigenvalue weighted by molar-refractivity contribution is 0.102. The van der Waals surface area contributed by atoms with Gasteiger partial charge in [0.1, 0.15) is 27.6 Å². The van der Waals surface area contributed by atoms with Crippen molar-refractivity contribution < 1.29 is 4.79 Å². The number of nitrogens with two attached hydrogens (primary N) is 1. The van der Waals surface area contributed by atoms with E-state index in [9.17, 15) is 24.0 Å². The van der Waals surface area contributed by atoms with Crippen molar-refractivity contribution in [3.05, 3.63) is 53.1 Å². The number of fused-ring (bicyclic) bond motifs is 1. The van der Waals surface area contributed by atoms with Crippen molar-refractivity contribution in [2.75, 3.05) is 11.5 Å². The Morgan fingerprint density at radius 2 is 1.82 bits per heavy atom. The van der Waals surface area contributed by atoms with Crippen LogP contribution in [0.1, 0.15) is 43.4 Å². The molecule has 0 fully saturated rings. The Kier molecular flexibility index (Phi) is 7.24. The number of aromatic nitrogens is 6. The molecule has 0 saturated heterocycles. The molecule has 3 rings (SSSR count). The fourth-order valence-electron chi connectivity index (χ4n) is 3.58. The molecule has 0 unspecified atom stereocenters. The van der Waals surface area contributed by atoms with Gasteiger partial charge in [0.05, 0.1) is 5.75 Å². The van der Waals surface area contributed by atoms with Crippen LogP contribution < -0.4 is 28.2 Å². The van der Waals surface area contributed by atoms with E-state index in [1.165, 1.54) is 11.6 Å². The van der Waals surface area contributed by atoms with E-state index in [4.69, 9.17) is 5.73 Å². The van der Waals surface area contributed by atoms with Gasteiger partial charge in [-0.25, -0.2) is 19.6 Å². The van der Waals surface area contributed by atoms with Crippen LogP contribution in [0.4, 0.5) is 5.82 Å². The molecular weight excluding hydrogens is 462 g/mol. The number of carbonyl (C=O) groups is 1. The van der Waals surface area contributed by atoms with Gasteiger partial charge < -0.3 is 5.73 Å². The first-order valence-electron chi connectivity index (χ1n) is 10.7. The molecule has 3 N–H and O–H groups in total. The van der Waals surface area contributed by atoms with Crippen LogP contribution in [0.15, 0.2) is 24.2 Å². The molecule has 13 heteroatoms. The molecule has 0 aliphatic heterocycles. The number of thioether (sulfide) groups is 1. The van der Waals surface area contributed by atoms with Gasteiger partial charge in [-0.1, -0.05) is 32.5 Å². The van der Waals surface area contributed by atoms with Crippen LogP contribution in [-0.4, -0.2) is 40.2 Å². The number of hydrogen-bond acceptors (Lipinski definition) is 9. The molecule has 0 bridgehead atoms. The predicted octanol–water partition coefficient (Wildman–Crippen LogP) is 0.272. The lowest BCUT2D eigenvalue weighted by atomic mass is 10.2. The third kappa shape index (κ3) is 4.60. The van der Waals surface area contributed by atoms with Gasteiger partial charge in [0.2, 0.25) is 0 Å². The average molecular weight is 490 g/mol. The topological polar surface area (TPSA) is 168 Å². The Balaban J connectivity index is 2.10. The maximum Gasteiger partial charge on any atom is 0.332 e. The number of hydrogen-bond donors (Lipinski definition) is 2. The number of nitrogens with zero attached hydrogens (tertiary/aromatic N) is 5. The summed E-state index contributed by atoms with van der Waals surface area (Å²) in [6, 6.07) is 0. The summed E-state index contributed by atoms with van der Waals surface area (Å²) in [6.07, 6.45) is 0.576. The fourth-order valence-corrected chi connectivity index (χ4v) is 4.52. The highest BCUT2D eigenvalue weighted by Gasteiger charge is 2.22. The number of nitrogen functional groups attached to an aromatic ring is 1. The first-order valence-corrected chi connectivity index (χ1v) is 11.7. The largest absolute Gasteiger partial charge is 0.384 e. The highest BCUT2D eigenvalue weighted by molar-refractivity contribution is 8.00. The summed E-state index contributed by atoms with van der Waals surface area (Å²) in [4.78, 5) is 73.8. The van der Waals surface area contributed by atoms with Gasteiger partial charge in [-0.05, 0) is 19.3 Å². The highest BCUT2D eigenvalue weighted by atomic mass is 32.2. The zero-order valence-corrected chi connectivity index (χ0v) is 20.5. The Hall–Kier alpha value is -3.48. The van der Waals surface area contributed by atoms with Gasteiger partial charge in [0.15, 0.2) is 11.4 Å². The summed E-state index contributed by atoms with van der Waals surface area (Å²) in [5.41, 5.74) is 3.23. The summed E-state index contributed by atoms with van der Waals surface area (Å²) in [6.45, 7) is 7.91. The molecule has 34 heavy (non-hydrogen) atoms. The van der Waals surface area contributed by atoms with Crippen molar-refractivity contribution in [1.29, 1.82) is 0 Å². The monoisotopic (exact) mass is 489 g/mol. The normalized spacial score (nSPS) is 11.5. The van der Waals surface area contributed by atoms with Gasteiger partial charge in [-0.2, -0.15) is 0 Å². The number of rotatable bonds is 8. The van der Waals surface area contributed by atoms with Crippen LogP contribution in [0.25, 0.3) is 11.0 Å². The minimum absolute atomic E-state index is 0.111. The van der Waals surface area contributed by atoms with Crippen LogP contribution in [0.5, 0.6) is 0 Å². The maximum absolute atomic E-state index is 13.0. The van der Waals surface area contributed by atoms with Crippen molar-refractivity contribution in [1.82, 2.24) is 28.7 Å². The molecule has 3 aromatic rings. The zero-order chi connectivity index (χ0) is 25.3. The number of ketones is 1. The quantitative estimate of drug-likeness (QED) is 0.256. The van der Waals surface area contributed by atoms with Crippen molar-refractivity contribution in [2.24, 2.45) is 13.0 Å². The first kappa shape index (κ1) is 25.1. The molecule has 0 aliphatic rings. The van der Waals surface area contributed by atoms with E-state index in [0.29, 0.717) is 18.8 Å². The number of anilines is 1. The Labute approximate surface area is 197 Å². The molecule has 0 aliphatic carbocycles. The van der Waals surface area contributed by atoms with Gasteiger partial charge in [-0.3, -0.25) is 33.1 Å². The van der Waals surface area contributed by atoms with Crippen LogP contribution in [0.3, 0.4) is 0 Å². The summed E-state index contributed by atoms with van der Waals surface area (Å²) >= 11 is 0.939. The molecule has 3 heterocycles. The van der Waals surface area contributed by atoms with E-state index in [2.05, 4.69) is 15.0 Å². The number of H-pyrrole nitrogens is 1. The summed E-state index contributed by atoms with van der Waals surface area (Å²) < 4.78 is 3.55. The third-order valence-corrected chi connectivity index (χ3v) is 6.09. The average Bonchev–Trinajstić information content (AvgIpc) is 2.75. The number of carbonyl (C=O) groups excluding carboxylic acids is 1. The van der Waals surface area contributed by atoms with Crippen LogP contribution in [-0.2, 0) is 20.1 Å². The molecule has 0 spiro atoms. The van der Waals surface area contributed by atoms with Gasteiger partial charge in [0.25, 0.3) is 11.1 Å². The fraction of sp³-hybridized carbons (Fsp3) is 0.476. The SMILES string of the molecule is CCCn1c(N)c(C(=O)CSc2nc(C)nc3c2c(=O)n(C)c(=O)n3CC(C)C)c(=O)[nH]c1=O. The number of aryl methyl sites for hydroxylation is 1. The molecule has 0 radical (unpaired) electrons. The maximum atomic E-state index is 13.0. The van der Waals surface area contributed by atoms with Crippen molar-refractivity contribution >= 4 is 34.4 Å². The standard InChI is InChI=1S/C21H27N7O5S/c1-6-7-27-15(22)13(17(30)25-20(27)32)12(29)9-34-18-14-16(23-11(4)24-18)28(8-10(2)3)21(33)26(5)19(14)31/h10H,6-9,22H2,1-5H3,(H,25,30,32). The number of Topliss-reactive ketones (excluding diaryl/α,β-unsaturated/α-hetero) is 1. The van der Waals surface area contributed by atoms with Gasteiger partial charge in [0, 0.05) is 20.1 Å². The van der Waals surface area contributed by atoms with Crippen molar-refractivity contribution in [3.8, 4) is 0 Å². The number of nitrogens with one attached hydrogen (secondary N) is 1. The summed E-state index contributed by atoms with van der Waals surface area (Å²) in [5, 5.41) is 0.329. The molecule has 0 atom stereocenters. The Bertz CT molecular complexity index is 1510. The first-order chi connectivity index (χ1) is 16.0. The van der Waals surface area contributed by atoms with Crippen LogP contribution >= 0.6 is 11.8 Å². The van der Waals surface area contributed by atoms with E-state index < -0.39 is 28.3 Å². The smallest absolute Gasteiger partial charge is 0.332 e. The second-order valence-electron chi connectivity index (χ2n) is 8.31. The zero-order valence-electron chi connectivity index (χ0n) is 19.7. The molecule has 12 nitrogen and oxygen atoms in total.